The Kier molecular flexibility index (Phi) is 2.23. The predicted molar refractivity (Wildman–Crippen MR) is 44.9 cm³/mol. The van der Waals surface area contributed by atoms with Crippen molar-refractivity contribution in [3.63, 3.8) is 0 Å². The Labute approximate surface area is 66.8 Å². The van der Waals surface area contributed by atoms with Crippen LogP contribution in [-0.4, -0.2) is 0 Å². The summed E-state index contributed by atoms with van der Waals surface area (Å²) in [6, 6.07) is 5.76. The lowest BCUT2D eigenvalue weighted by Gasteiger charge is -1.95. The summed E-state index contributed by atoms with van der Waals surface area (Å²) in [5.74, 6) is 0. The molecular formula is C9H9Cl. The lowest BCUT2D eigenvalue weighted by molar-refractivity contribution is 1.38. The highest BCUT2D eigenvalue weighted by molar-refractivity contribution is 6.30. The van der Waals surface area contributed by atoms with Gasteiger partial charge in [0.25, 0.3) is 0 Å². The van der Waals surface area contributed by atoms with Crippen LogP contribution in [0.5, 0.6) is 0 Å². The van der Waals surface area contributed by atoms with Gasteiger partial charge in [-0.25, -0.2) is 0 Å². The van der Waals surface area contributed by atoms with Crippen LogP contribution in [0.25, 0.3) is 0 Å². The van der Waals surface area contributed by atoms with Gasteiger partial charge < -0.3 is 0 Å². The molecule has 1 rings (SSSR count). The van der Waals surface area contributed by atoms with Crippen molar-refractivity contribution in [1.82, 2.24) is 0 Å². The Morgan fingerprint density at radius 2 is 2.20 bits per heavy atom. The fraction of sp³-hybridized carbons (Fsp3) is 0.111. The van der Waals surface area contributed by atoms with Crippen LogP contribution in [0.3, 0.4) is 0 Å². The molecule has 0 aliphatic heterocycles. The van der Waals surface area contributed by atoms with Crippen LogP contribution in [0.1, 0.15) is 11.1 Å². The van der Waals surface area contributed by atoms with E-state index >= 15 is 0 Å². The molecule has 0 saturated carbocycles. The van der Waals surface area contributed by atoms with Gasteiger partial charge in [0.05, 0.1) is 16.1 Å². The van der Waals surface area contributed by atoms with Gasteiger partial charge in [-0.1, -0.05) is 11.6 Å². The average molecular weight is 153 g/mol. The molecular weight excluding hydrogens is 144 g/mol. The molecule has 1 aromatic carbocycles. The SMILES string of the molecule is [CH2-][CH+]c1ccc(Cl)cc1C. The highest BCUT2D eigenvalue weighted by atomic mass is 35.5. The van der Waals surface area contributed by atoms with E-state index in [1.807, 2.05) is 31.5 Å². The van der Waals surface area contributed by atoms with Gasteiger partial charge in [-0.05, 0) is 0 Å². The first-order chi connectivity index (χ1) is 4.74. The lowest BCUT2D eigenvalue weighted by Crippen LogP contribution is -1.82. The number of hydrogen-bond donors (Lipinski definition) is 0. The number of rotatable bonds is 1. The molecule has 1 heteroatoms. The average Bonchev–Trinajstić information content (AvgIpc) is 1.88. The van der Waals surface area contributed by atoms with E-state index in [9.17, 15) is 0 Å². The Morgan fingerprint density at radius 1 is 1.50 bits per heavy atom. The molecule has 0 nitrogen and oxygen atoms in total. The standard InChI is InChI=1S/C9H9Cl/c1-3-8-4-5-9(10)6-7(8)2/h3-6H,1H2,2H3. The van der Waals surface area contributed by atoms with Crippen molar-refractivity contribution in [3.05, 3.63) is 47.7 Å². The molecule has 0 bridgehead atoms. The second-order valence-electron chi connectivity index (χ2n) is 2.21. The van der Waals surface area contributed by atoms with Gasteiger partial charge in [0, 0.05) is 25.1 Å². The summed E-state index contributed by atoms with van der Waals surface area (Å²) in [5.41, 5.74) is 2.31. The van der Waals surface area contributed by atoms with Crippen molar-refractivity contribution < 1.29 is 0 Å². The summed E-state index contributed by atoms with van der Waals surface area (Å²) >= 11 is 5.74. The van der Waals surface area contributed by atoms with Crippen molar-refractivity contribution >= 4 is 11.6 Å². The zero-order valence-corrected chi connectivity index (χ0v) is 6.65. The van der Waals surface area contributed by atoms with E-state index in [-0.39, 0.29) is 0 Å². The minimum absolute atomic E-state index is 0.781. The molecule has 0 aromatic heterocycles. The van der Waals surface area contributed by atoms with Gasteiger partial charge in [0.1, 0.15) is 0 Å². The molecule has 0 atom stereocenters. The van der Waals surface area contributed by atoms with E-state index in [1.165, 1.54) is 5.56 Å². The molecule has 0 amide bonds. The van der Waals surface area contributed by atoms with Crippen molar-refractivity contribution in [2.24, 2.45) is 0 Å². The quantitative estimate of drug-likeness (QED) is 0.543. The molecule has 0 heterocycles. The molecule has 0 unspecified atom stereocenters. The van der Waals surface area contributed by atoms with Crippen LogP contribution in [-0.2, 0) is 0 Å². The van der Waals surface area contributed by atoms with Crippen molar-refractivity contribution in [2.45, 2.75) is 6.92 Å². The van der Waals surface area contributed by atoms with Crippen LogP contribution in [0.4, 0.5) is 0 Å². The highest BCUT2D eigenvalue weighted by Gasteiger charge is 2.00. The topological polar surface area (TPSA) is 0 Å². The van der Waals surface area contributed by atoms with Crippen molar-refractivity contribution in [1.29, 1.82) is 0 Å². The molecule has 10 heavy (non-hydrogen) atoms. The second-order valence-corrected chi connectivity index (χ2v) is 2.64. The van der Waals surface area contributed by atoms with Crippen LogP contribution in [0.2, 0.25) is 5.02 Å². The monoisotopic (exact) mass is 152 g/mol. The maximum Gasteiger partial charge on any atom is 0.0998 e. The molecule has 0 fully saturated rings. The summed E-state index contributed by atoms with van der Waals surface area (Å²) in [6.07, 6.45) is 1.83. The third kappa shape index (κ3) is 1.45. The summed E-state index contributed by atoms with van der Waals surface area (Å²) in [6.45, 7) is 5.70. The minimum atomic E-state index is 0.781. The van der Waals surface area contributed by atoms with Crippen LogP contribution in [0.15, 0.2) is 18.2 Å². The van der Waals surface area contributed by atoms with E-state index in [2.05, 4.69) is 6.92 Å². The summed E-state index contributed by atoms with van der Waals surface area (Å²) in [7, 11) is 0. The largest absolute Gasteiger partial charge is 0.260 e. The first-order valence-electron chi connectivity index (χ1n) is 3.12. The van der Waals surface area contributed by atoms with Crippen LogP contribution >= 0.6 is 11.6 Å². The second kappa shape index (κ2) is 2.98. The Hall–Kier alpha value is -0.620. The Bertz CT molecular complexity index is 228. The van der Waals surface area contributed by atoms with Gasteiger partial charge in [0.2, 0.25) is 0 Å². The summed E-state index contributed by atoms with van der Waals surface area (Å²) in [5, 5.41) is 0.781. The lowest BCUT2D eigenvalue weighted by atomic mass is 10.1. The molecule has 0 radical (unpaired) electrons. The van der Waals surface area contributed by atoms with Crippen LogP contribution < -0.4 is 0 Å². The number of benzene rings is 1. The number of aryl methyl sites for hydroxylation is 1. The summed E-state index contributed by atoms with van der Waals surface area (Å²) < 4.78 is 0. The first-order valence-corrected chi connectivity index (χ1v) is 3.50. The maximum atomic E-state index is 5.74. The fourth-order valence-electron chi connectivity index (χ4n) is 0.868. The fourth-order valence-corrected chi connectivity index (χ4v) is 1.09. The molecule has 0 saturated heterocycles. The van der Waals surface area contributed by atoms with Crippen molar-refractivity contribution in [3.8, 4) is 0 Å². The van der Waals surface area contributed by atoms with E-state index in [0.717, 1.165) is 10.6 Å². The van der Waals surface area contributed by atoms with Crippen molar-refractivity contribution in [2.75, 3.05) is 0 Å². The molecule has 0 N–H and O–H groups in total. The molecule has 0 spiro atoms. The third-order valence-corrected chi connectivity index (χ3v) is 1.69. The zero-order chi connectivity index (χ0) is 7.56. The van der Waals surface area contributed by atoms with Gasteiger partial charge in [-0.2, -0.15) is 0 Å². The van der Waals surface area contributed by atoms with Gasteiger partial charge in [0.15, 0.2) is 0 Å². The van der Waals surface area contributed by atoms with Crippen LogP contribution in [0, 0.1) is 20.3 Å². The highest BCUT2D eigenvalue weighted by Crippen LogP contribution is 2.15. The third-order valence-electron chi connectivity index (χ3n) is 1.45. The summed E-state index contributed by atoms with van der Waals surface area (Å²) in [4.78, 5) is 0. The van der Waals surface area contributed by atoms with E-state index in [1.54, 1.807) is 0 Å². The van der Waals surface area contributed by atoms with Gasteiger partial charge in [-0.15, -0.1) is 6.42 Å². The normalized spacial score (nSPS) is 9.50. The predicted octanol–water partition coefficient (Wildman–Crippen LogP) is 3.03. The molecule has 52 valence electrons. The maximum absolute atomic E-state index is 5.74. The smallest absolute Gasteiger partial charge is 0.0998 e. The molecule has 0 aliphatic carbocycles. The van der Waals surface area contributed by atoms with Gasteiger partial charge in [-0.3, -0.25) is 6.92 Å². The van der Waals surface area contributed by atoms with E-state index in [4.69, 9.17) is 11.6 Å². The minimum Gasteiger partial charge on any atom is -0.260 e. The van der Waals surface area contributed by atoms with E-state index < -0.39 is 0 Å². The Morgan fingerprint density at radius 3 is 2.70 bits per heavy atom. The Balaban J connectivity index is 3.07. The van der Waals surface area contributed by atoms with E-state index in [0.29, 0.717) is 0 Å². The zero-order valence-electron chi connectivity index (χ0n) is 5.89. The van der Waals surface area contributed by atoms with Gasteiger partial charge >= 0.3 is 0 Å². The number of halogens is 1. The molecule has 1 aromatic rings. The molecule has 0 aliphatic rings. The first kappa shape index (κ1) is 7.49. The number of hydrogen-bond acceptors (Lipinski definition) is 0.